The summed E-state index contributed by atoms with van der Waals surface area (Å²) in [6, 6.07) is 4.97. The van der Waals surface area contributed by atoms with Gasteiger partial charge in [0.2, 0.25) is 0 Å². The van der Waals surface area contributed by atoms with Gasteiger partial charge in [-0.05, 0) is 55.7 Å². The Morgan fingerprint density at radius 3 is 1.43 bits per heavy atom. The molecule has 0 amide bonds. The first-order chi connectivity index (χ1) is 10.4. The second-order valence-electron chi connectivity index (χ2n) is 5.35. The number of nitrogens with two attached hydrogens (primary N) is 4. The van der Waals surface area contributed by atoms with E-state index in [1.807, 2.05) is 26.8 Å². The van der Waals surface area contributed by atoms with Gasteiger partial charge < -0.3 is 22.9 Å². The SMILES string of the molecule is Cc1cc(C)c(N)c(C)c1N.Nc1cc(N)cc(C(F)(F)F)c1. The molecule has 2 aromatic rings. The minimum Gasteiger partial charge on any atom is -0.399 e. The molecule has 2 aromatic carbocycles. The molecule has 2 rings (SSSR count). The lowest BCUT2D eigenvalue weighted by atomic mass is 10.0. The van der Waals surface area contributed by atoms with Gasteiger partial charge in [0.25, 0.3) is 0 Å². The van der Waals surface area contributed by atoms with Crippen LogP contribution in [0.1, 0.15) is 22.3 Å². The van der Waals surface area contributed by atoms with Crippen LogP contribution in [-0.4, -0.2) is 0 Å². The van der Waals surface area contributed by atoms with E-state index in [4.69, 9.17) is 22.9 Å². The zero-order valence-electron chi connectivity index (χ0n) is 13.3. The summed E-state index contributed by atoms with van der Waals surface area (Å²) in [6.07, 6.45) is -4.39. The first kappa shape index (κ1) is 18.5. The lowest BCUT2D eigenvalue weighted by Crippen LogP contribution is -2.06. The van der Waals surface area contributed by atoms with E-state index in [9.17, 15) is 13.2 Å². The van der Waals surface area contributed by atoms with Gasteiger partial charge in [0.05, 0.1) is 5.56 Å². The van der Waals surface area contributed by atoms with Crippen LogP contribution in [0.5, 0.6) is 0 Å². The van der Waals surface area contributed by atoms with Gasteiger partial charge >= 0.3 is 6.18 Å². The minimum atomic E-state index is -4.39. The van der Waals surface area contributed by atoms with Crippen molar-refractivity contribution in [2.24, 2.45) is 0 Å². The molecule has 8 N–H and O–H groups in total. The van der Waals surface area contributed by atoms with Crippen LogP contribution in [0.15, 0.2) is 24.3 Å². The van der Waals surface area contributed by atoms with Crippen LogP contribution < -0.4 is 22.9 Å². The Balaban J connectivity index is 0.000000231. The van der Waals surface area contributed by atoms with Crippen molar-refractivity contribution in [3.63, 3.8) is 0 Å². The highest BCUT2D eigenvalue weighted by Crippen LogP contribution is 2.31. The lowest BCUT2D eigenvalue weighted by molar-refractivity contribution is -0.137. The molecule has 126 valence electrons. The van der Waals surface area contributed by atoms with Crippen LogP contribution in [0.4, 0.5) is 35.9 Å². The van der Waals surface area contributed by atoms with E-state index in [0.29, 0.717) is 0 Å². The molecule has 0 bridgehead atoms. The predicted octanol–water partition coefficient (Wildman–Crippen LogP) is 3.65. The first-order valence-corrected chi connectivity index (χ1v) is 6.78. The van der Waals surface area contributed by atoms with Gasteiger partial charge in [0, 0.05) is 22.7 Å². The molecule has 0 radical (unpaired) electrons. The topological polar surface area (TPSA) is 104 Å². The van der Waals surface area contributed by atoms with Crippen LogP contribution in [-0.2, 0) is 6.18 Å². The van der Waals surface area contributed by atoms with Crippen molar-refractivity contribution >= 4 is 22.7 Å². The molecule has 0 spiro atoms. The molecular weight excluding hydrogens is 305 g/mol. The van der Waals surface area contributed by atoms with Crippen molar-refractivity contribution in [2.45, 2.75) is 26.9 Å². The highest BCUT2D eigenvalue weighted by molar-refractivity contribution is 5.67. The Hall–Kier alpha value is -2.57. The van der Waals surface area contributed by atoms with Gasteiger partial charge in [-0.2, -0.15) is 13.2 Å². The predicted molar refractivity (Wildman–Crippen MR) is 89.7 cm³/mol. The van der Waals surface area contributed by atoms with Crippen LogP contribution in [0.2, 0.25) is 0 Å². The number of halogens is 3. The fraction of sp³-hybridized carbons (Fsp3) is 0.250. The summed E-state index contributed by atoms with van der Waals surface area (Å²) in [5, 5.41) is 0. The number of anilines is 4. The molecule has 0 atom stereocenters. The molecule has 23 heavy (non-hydrogen) atoms. The van der Waals surface area contributed by atoms with Crippen molar-refractivity contribution in [1.29, 1.82) is 0 Å². The first-order valence-electron chi connectivity index (χ1n) is 6.78. The molecule has 0 aliphatic heterocycles. The Bertz CT molecular complexity index is 663. The monoisotopic (exact) mass is 326 g/mol. The zero-order chi connectivity index (χ0) is 17.9. The highest BCUT2D eigenvalue weighted by Gasteiger charge is 2.30. The van der Waals surface area contributed by atoms with Crippen molar-refractivity contribution in [3.05, 3.63) is 46.5 Å². The number of alkyl halides is 3. The molecule has 7 heteroatoms. The van der Waals surface area contributed by atoms with E-state index in [2.05, 4.69) is 0 Å². The summed E-state index contributed by atoms with van der Waals surface area (Å²) in [7, 11) is 0. The van der Waals surface area contributed by atoms with Gasteiger partial charge in [-0.25, -0.2) is 0 Å². The number of hydrogen-bond acceptors (Lipinski definition) is 4. The maximum atomic E-state index is 12.0. The van der Waals surface area contributed by atoms with Gasteiger partial charge in [0.1, 0.15) is 0 Å². The van der Waals surface area contributed by atoms with E-state index in [-0.39, 0.29) is 11.4 Å². The van der Waals surface area contributed by atoms with Gasteiger partial charge in [-0.15, -0.1) is 0 Å². The molecular formula is C16H21F3N4. The van der Waals surface area contributed by atoms with E-state index in [1.54, 1.807) is 0 Å². The van der Waals surface area contributed by atoms with Gasteiger partial charge in [0.15, 0.2) is 0 Å². The van der Waals surface area contributed by atoms with E-state index in [1.165, 1.54) is 6.07 Å². The third kappa shape index (κ3) is 4.70. The quantitative estimate of drug-likeness (QED) is 0.555. The Kier molecular flexibility index (Phi) is 5.37. The van der Waals surface area contributed by atoms with Crippen LogP contribution in [0.3, 0.4) is 0 Å². The average molecular weight is 326 g/mol. The summed E-state index contributed by atoms with van der Waals surface area (Å²) in [5.74, 6) is 0. The Morgan fingerprint density at radius 2 is 1.09 bits per heavy atom. The molecule has 0 fully saturated rings. The number of nitrogen functional groups attached to an aromatic ring is 4. The van der Waals surface area contributed by atoms with Crippen LogP contribution in [0.25, 0.3) is 0 Å². The van der Waals surface area contributed by atoms with Crippen LogP contribution >= 0.6 is 0 Å². The van der Waals surface area contributed by atoms with Crippen molar-refractivity contribution in [1.82, 2.24) is 0 Å². The molecule has 0 unspecified atom stereocenters. The molecule has 0 aliphatic rings. The summed E-state index contributed by atoms with van der Waals surface area (Å²) in [5.41, 5.74) is 25.9. The Morgan fingerprint density at radius 1 is 0.696 bits per heavy atom. The minimum absolute atomic E-state index is 0.0160. The van der Waals surface area contributed by atoms with Crippen molar-refractivity contribution in [3.8, 4) is 0 Å². The molecule has 0 aromatic heterocycles. The third-order valence-electron chi connectivity index (χ3n) is 3.40. The molecule has 0 aliphatic carbocycles. The highest BCUT2D eigenvalue weighted by atomic mass is 19.4. The maximum Gasteiger partial charge on any atom is 0.416 e. The summed E-state index contributed by atoms with van der Waals surface area (Å²) < 4.78 is 36.1. The summed E-state index contributed by atoms with van der Waals surface area (Å²) in [4.78, 5) is 0. The number of rotatable bonds is 0. The van der Waals surface area contributed by atoms with Crippen molar-refractivity contribution in [2.75, 3.05) is 22.9 Å². The third-order valence-corrected chi connectivity index (χ3v) is 3.40. The molecule has 4 nitrogen and oxygen atoms in total. The van der Waals surface area contributed by atoms with Gasteiger partial charge in [-0.3, -0.25) is 0 Å². The largest absolute Gasteiger partial charge is 0.416 e. The maximum absolute atomic E-state index is 12.0. The zero-order valence-corrected chi connectivity index (χ0v) is 13.3. The summed E-state index contributed by atoms with van der Waals surface area (Å²) in [6.45, 7) is 5.94. The van der Waals surface area contributed by atoms with Gasteiger partial charge in [-0.1, -0.05) is 6.07 Å². The van der Waals surface area contributed by atoms with Crippen LogP contribution in [0, 0.1) is 20.8 Å². The van der Waals surface area contributed by atoms with E-state index >= 15 is 0 Å². The second-order valence-corrected chi connectivity index (χ2v) is 5.35. The second kappa shape index (κ2) is 6.68. The normalized spacial score (nSPS) is 10.9. The van der Waals surface area contributed by atoms with Crippen molar-refractivity contribution < 1.29 is 13.2 Å². The Labute approximate surface area is 133 Å². The molecule has 0 saturated heterocycles. The molecule has 0 saturated carbocycles. The van der Waals surface area contributed by atoms with E-state index in [0.717, 1.165) is 40.2 Å². The standard InChI is InChI=1S/C9H14N2.C7H7F3N2/c1-5-4-6(2)9(11)7(3)8(5)10;8-7(9,10)4-1-5(11)3-6(12)2-4/h4H,10-11H2,1-3H3;1-3H,11-12H2. The number of hydrogen-bond donors (Lipinski definition) is 4. The number of benzene rings is 2. The number of aryl methyl sites for hydroxylation is 2. The average Bonchev–Trinajstić information content (AvgIpc) is 2.42. The lowest BCUT2D eigenvalue weighted by Gasteiger charge is -2.09. The smallest absolute Gasteiger partial charge is 0.399 e. The molecule has 0 heterocycles. The fourth-order valence-electron chi connectivity index (χ4n) is 2.06. The fourth-order valence-corrected chi connectivity index (χ4v) is 2.06. The van der Waals surface area contributed by atoms with E-state index < -0.39 is 11.7 Å². The summed E-state index contributed by atoms with van der Waals surface area (Å²) >= 11 is 0.